The van der Waals surface area contributed by atoms with Crippen molar-refractivity contribution in [3.05, 3.63) is 59.7 Å². The van der Waals surface area contributed by atoms with Crippen molar-refractivity contribution in [3.8, 4) is 11.1 Å². The zero-order valence-corrected chi connectivity index (χ0v) is 47.6. The number of amides is 1. The van der Waals surface area contributed by atoms with E-state index in [1.165, 1.54) is 111 Å². The van der Waals surface area contributed by atoms with Crippen molar-refractivity contribution in [2.75, 3.05) is 185 Å². The highest BCUT2D eigenvalue weighted by Crippen LogP contribution is 2.44. The van der Waals surface area contributed by atoms with Gasteiger partial charge in [-0.1, -0.05) is 145 Å². The highest BCUT2D eigenvalue weighted by Gasteiger charge is 2.29. The lowest BCUT2D eigenvalue weighted by Gasteiger charge is -2.19. The Morgan fingerprint density at radius 2 is 0.649 bits per heavy atom. The topological polar surface area (TPSA) is 167 Å². The lowest BCUT2D eigenvalue weighted by Crippen LogP contribution is -2.32. The molecule has 0 fully saturated rings. The van der Waals surface area contributed by atoms with Gasteiger partial charge in [-0.15, -0.1) is 0 Å². The molecule has 0 heterocycles. The van der Waals surface area contributed by atoms with Crippen LogP contribution in [0.25, 0.3) is 11.1 Å². The van der Waals surface area contributed by atoms with Crippen molar-refractivity contribution in [1.29, 1.82) is 0 Å². The molecule has 0 saturated carbocycles. The molecule has 0 aromatic heterocycles. The number of rotatable bonds is 57. The molecule has 1 aliphatic carbocycles. The summed E-state index contributed by atoms with van der Waals surface area (Å²) >= 11 is 0. The molecule has 0 atom stereocenters. The number of hydrogen-bond donors (Lipinski definition) is 0. The second kappa shape index (κ2) is 50.9. The quantitative estimate of drug-likeness (QED) is 0.0453. The third-order valence-electron chi connectivity index (χ3n) is 12.8. The maximum absolute atomic E-state index is 12.7. The van der Waals surface area contributed by atoms with Gasteiger partial charge in [0.15, 0.2) is 0 Å². The van der Waals surface area contributed by atoms with Gasteiger partial charge in [0.1, 0.15) is 13.2 Å². The molecule has 1 aliphatic rings. The maximum atomic E-state index is 12.7. The number of benzene rings is 2. The summed E-state index contributed by atoms with van der Waals surface area (Å²) in [6.07, 6.45) is 19.8. The van der Waals surface area contributed by atoms with E-state index in [4.69, 9.17) is 66.3 Å². The standard InChI is InChI=1S/C60H101NO16/c1-3-4-5-6-7-8-9-10-11-12-13-14-15-16-17-26-59(62)76-52-51-75-50-49-74-48-47-73-46-45-72-44-43-71-42-41-70-40-39-69-38-37-68-36-35-67-34-33-66-32-31-65-30-29-64-28-27-61(2)60(63)77-53-58-56-24-20-18-22-54(56)55-23-19-21-25-57(55)58/h18-25,58H,3-17,26-53H2,1-2H3. The van der Waals surface area contributed by atoms with E-state index >= 15 is 0 Å². The van der Waals surface area contributed by atoms with Crippen molar-refractivity contribution < 1.29 is 75.9 Å². The van der Waals surface area contributed by atoms with E-state index in [9.17, 15) is 9.59 Å². The van der Waals surface area contributed by atoms with Crippen molar-refractivity contribution in [2.24, 2.45) is 0 Å². The molecular formula is C60H101NO16. The second-order valence-electron chi connectivity index (χ2n) is 19.0. The molecule has 0 aliphatic heterocycles. The van der Waals surface area contributed by atoms with Crippen LogP contribution in [-0.4, -0.2) is 202 Å². The first kappa shape index (κ1) is 68.0. The van der Waals surface area contributed by atoms with Crippen LogP contribution >= 0.6 is 0 Å². The van der Waals surface area contributed by atoms with Crippen LogP contribution in [0.5, 0.6) is 0 Å². The smallest absolute Gasteiger partial charge is 0.409 e. The van der Waals surface area contributed by atoms with Gasteiger partial charge in [0.25, 0.3) is 0 Å². The van der Waals surface area contributed by atoms with Crippen LogP contribution in [0.4, 0.5) is 4.79 Å². The van der Waals surface area contributed by atoms with Gasteiger partial charge >= 0.3 is 12.1 Å². The Kier molecular flexibility index (Phi) is 44.9. The fraction of sp³-hybridized carbons (Fsp3) is 0.767. The number of carbonyl (C=O) groups is 2. The van der Waals surface area contributed by atoms with Crippen molar-refractivity contribution in [3.63, 3.8) is 0 Å². The number of fused-ring (bicyclic) bond motifs is 3. The minimum atomic E-state index is -0.367. The van der Waals surface area contributed by atoms with E-state index in [-0.39, 0.29) is 24.6 Å². The van der Waals surface area contributed by atoms with Gasteiger partial charge in [0.2, 0.25) is 0 Å². The highest BCUT2D eigenvalue weighted by molar-refractivity contribution is 5.79. The zero-order valence-electron chi connectivity index (χ0n) is 47.6. The van der Waals surface area contributed by atoms with E-state index < -0.39 is 0 Å². The largest absolute Gasteiger partial charge is 0.463 e. The van der Waals surface area contributed by atoms with Gasteiger partial charge in [-0.05, 0) is 28.7 Å². The minimum Gasteiger partial charge on any atom is -0.463 e. The van der Waals surface area contributed by atoms with E-state index in [0.717, 1.165) is 12.8 Å². The van der Waals surface area contributed by atoms with Gasteiger partial charge in [-0.3, -0.25) is 4.79 Å². The molecule has 0 N–H and O–H groups in total. The summed E-state index contributed by atoms with van der Waals surface area (Å²) in [5.41, 5.74) is 4.79. The normalized spacial score (nSPS) is 12.1. The highest BCUT2D eigenvalue weighted by atomic mass is 16.6. The summed E-state index contributed by atoms with van der Waals surface area (Å²) in [4.78, 5) is 26.1. The molecule has 77 heavy (non-hydrogen) atoms. The number of unbranched alkanes of at least 4 members (excludes halogenated alkanes) is 14. The Morgan fingerprint density at radius 1 is 0.364 bits per heavy atom. The Hall–Kier alpha value is -3.30. The molecule has 442 valence electrons. The lowest BCUT2D eigenvalue weighted by molar-refractivity contribution is -0.145. The summed E-state index contributed by atoms with van der Waals surface area (Å²) in [6, 6.07) is 16.6. The summed E-state index contributed by atoms with van der Waals surface area (Å²) < 4.78 is 77.5. The number of hydrogen-bond acceptors (Lipinski definition) is 16. The molecule has 0 saturated heterocycles. The van der Waals surface area contributed by atoms with Gasteiger partial charge in [0, 0.05) is 25.9 Å². The van der Waals surface area contributed by atoms with Gasteiger partial charge in [-0.2, -0.15) is 0 Å². The maximum Gasteiger partial charge on any atom is 0.409 e. The molecule has 1 amide bonds. The van der Waals surface area contributed by atoms with Crippen LogP contribution in [0.3, 0.4) is 0 Å². The molecule has 2 aromatic rings. The van der Waals surface area contributed by atoms with Gasteiger partial charge in [0.05, 0.1) is 159 Å². The Labute approximate surface area is 463 Å². The molecule has 0 radical (unpaired) electrons. The molecule has 0 spiro atoms. The van der Waals surface area contributed by atoms with Crippen LogP contribution in [0, 0.1) is 0 Å². The third-order valence-corrected chi connectivity index (χ3v) is 12.8. The van der Waals surface area contributed by atoms with E-state index in [1.807, 2.05) is 24.3 Å². The molecule has 3 rings (SSSR count). The molecule has 2 aromatic carbocycles. The van der Waals surface area contributed by atoms with E-state index in [2.05, 4.69) is 31.2 Å². The number of likely N-dealkylation sites (N-methyl/N-ethyl adjacent to an activating group) is 1. The van der Waals surface area contributed by atoms with Crippen LogP contribution in [0.2, 0.25) is 0 Å². The van der Waals surface area contributed by atoms with Crippen molar-refractivity contribution >= 4 is 12.1 Å². The van der Waals surface area contributed by atoms with E-state index in [0.29, 0.717) is 178 Å². The monoisotopic (exact) mass is 1090 g/mol. The molecule has 17 nitrogen and oxygen atoms in total. The Bertz CT molecular complexity index is 1610. The molecule has 17 heteroatoms. The van der Waals surface area contributed by atoms with Crippen LogP contribution in [-0.2, 0) is 71.1 Å². The number of ether oxygens (including phenoxy) is 14. The zero-order chi connectivity index (χ0) is 54.6. The van der Waals surface area contributed by atoms with E-state index in [1.54, 1.807) is 7.05 Å². The summed E-state index contributed by atoms with van der Waals surface area (Å²) in [6.45, 7) is 14.4. The Morgan fingerprint density at radius 3 is 0.987 bits per heavy atom. The summed E-state index contributed by atoms with van der Waals surface area (Å²) in [7, 11) is 1.71. The Balaban J connectivity index is 0.896. The number of nitrogens with zero attached hydrogens (tertiary/aromatic N) is 1. The van der Waals surface area contributed by atoms with Crippen LogP contribution in [0.1, 0.15) is 127 Å². The second-order valence-corrected chi connectivity index (χ2v) is 19.0. The predicted octanol–water partition coefficient (Wildman–Crippen LogP) is 9.87. The van der Waals surface area contributed by atoms with Gasteiger partial charge in [-0.25, -0.2) is 4.79 Å². The minimum absolute atomic E-state index is 0.0327. The van der Waals surface area contributed by atoms with Gasteiger partial charge < -0.3 is 71.2 Å². The van der Waals surface area contributed by atoms with Crippen LogP contribution in [0.15, 0.2) is 48.5 Å². The van der Waals surface area contributed by atoms with Crippen molar-refractivity contribution in [1.82, 2.24) is 4.90 Å². The summed E-state index contributed by atoms with van der Waals surface area (Å²) in [5.74, 6) is -0.103. The number of esters is 1. The predicted molar refractivity (Wildman–Crippen MR) is 298 cm³/mol. The first-order chi connectivity index (χ1) is 38.1. The summed E-state index contributed by atoms with van der Waals surface area (Å²) in [5, 5.41) is 0. The fourth-order valence-electron chi connectivity index (χ4n) is 8.45. The fourth-order valence-corrected chi connectivity index (χ4v) is 8.45. The third kappa shape index (κ3) is 37.3. The SMILES string of the molecule is CCCCCCCCCCCCCCCCCC(=O)OCCOCCOCCOCCOCCOCCOCCOCCOCCOCCOCCOCCOCCN(C)C(=O)OCC1c2ccccc2-c2ccccc21. The molecule has 0 bridgehead atoms. The molecule has 0 unspecified atom stereocenters. The van der Waals surface area contributed by atoms with Crippen molar-refractivity contribution in [2.45, 2.75) is 116 Å². The molecular weight excluding hydrogens is 991 g/mol. The average Bonchev–Trinajstić information content (AvgIpc) is 3.86. The van der Waals surface area contributed by atoms with Crippen LogP contribution < -0.4 is 0 Å². The first-order valence-electron chi connectivity index (χ1n) is 29.3. The lowest BCUT2D eigenvalue weighted by atomic mass is 9.98. The average molecular weight is 1090 g/mol. The first-order valence-corrected chi connectivity index (χ1v) is 29.3. The number of carbonyl (C=O) groups excluding carboxylic acids is 2.